The van der Waals surface area contributed by atoms with Crippen molar-refractivity contribution in [3.63, 3.8) is 0 Å². The van der Waals surface area contributed by atoms with E-state index in [-0.39, 0.29) is 24.3 Å². The Morgan fingerprint density at radius 3 is 2.38 bits per heavy atom. The Labute approximate surface area is 314 Å². The van der Waals surface area contributed by atoms with Crippen molar-refractivity contribution in [2.75, 3.05) is 34.0 Å². The van der Waals surface area contributed by atoms with Gasteiger partial charge in [-0.2, -0.15) is 0 Å². The predicted molar refractivity (Wildman–Crippen MR) is 200 cm³/mol. The summed E-state index contributed by atoms with van der Waals surface area (Å²) >= 11 is 7.09. The minimum absolute atomic E-state index is 0.136. The van der Waals surface area contributed by atoms with Crippen LogP contribution in [0.25, 0.3) is 6.08 Å². The van der Waals surface area contributed by atoms with Crippen molar-refractivity contribution >= 4 is 67.9 Å². The standard InChI is InChI=1S/C36H34BrIN2O9S/c1-6-46-28-14-22(10-13-26(28)49-19-31(41)45-5)33-32(35(43)47-7-2)20(3)39-36-40(33)34(42)30(50-36)16-23-15-27(44-4)29(17-25(23)37)48-18-21-8-11-24(38)12-9-21/h8-17,33H,6-7,18-19H2,1-5H3/b30-16-/t33-/m0/s1. The Bertz CT molecular complexity index is 2130. The molecular weight excluding hydrogens is 843 g/mol. The number of aromatic nitrogens is 1. The van der Waals surface area contributed by atoms with Gasteiger partial charge in [0, 0.05) is 8.04 Å². The first kappa shape index (κ1) is 37.1. The number of esters is 2. The Morgan fingerprint density at radius 1 is 0.960 bits per heavy atom. The number of methoxy groups -OCH3 is 2. The summed E-state index contributed by atoms with van der Waals surface area (Å²) in [6, 6.07) is 15.8. The van der Waals surface area contributed by atoms with E-state index in [9.17, 15) is 14.4 Å². The molecule has 3 aromatic carbocycles. The molecule has 0 bridgehead atoms. The van der Waals surface area contributed by atoms with Crippen LogP contribution in [0.3, 0.4) is 0 Å². The van der Waals surface area contributed by atoms with Gasteiger partial charge in [0.1, 0.15) is 6.61 Å². The van der Waals surface area contributed by atoms with E-state index in [1.165, 1.54) is 23.0 Å². The largest absolute Gasteiger partial charge is 0.493 e. The third-order valence-corrected chi connectivity index (χ3v) is 9.94. The molecule has 0 amide bonds. The number of ether oxygens (including phenoxy) is 6. The van der Waals surface area contributed by atoms with E-state index in [4.69, 9.17) is 28.4 Å². The maximum absolute atomic E-state index is 14.3. The molecule has 0 radical (unpaired) electrons. The first-order valence-corrected chi connectivity index (χ1v) is 18.2. The molecule has 0 saturated carbocycles. The Morgan fingerprint density at radius 2 is 1.70 bits per heavy atom. The van der Waals surface area contributed by atoms with Gasteiger partial charge in [-0.1, -0.05) is 45.5 Å². The topological polar surface area (TPSA) is 124 Å². The van der Waals surface area contributed by atoms with E-state index in [2.05, 4.69) is 43.5 Å². The highest BCUT2D eigenvalue weighted by Crippen LogP contribution is 2.37. The van der Waals surface area contributed by atoms with Gasteiger partial charge in [-0.05, 0) is 103 Å². The average molecular weight is 878 g/mol. The summed E-state index contributed by atoms with van der Waals surface area (Å²) in [4.78, 5) is 44.5. The molecule has 0 fully saturated rings. The number of hydrogen-bond donors (Lipinski definition) is 0. The van der Waals surface area contributed by atoms with Gasteiger partial charge in [0.05, 0.1) is 49.3 Å². The van der Waals surface area contributed by atoms with Crippen molar-refractivity contribution in [2.24, 2.45) is 4.99 Å². The molecule has 1 atom stereocenters. The van der Waals surface area contributed by atoms with Crippen molar-refractivity contribution in [1.29, 1.82) is 0 Å². The van der Waals surface area contributed by atoms with E-state index in [1.54, 1.807) is 57.4 Å². The molecule has 14 heteroatoms. The molecule has 262 valence electrons. The highest BCUT2D eigenvalue weighted by Gasteiger charge is 2.34. The molecule has 50 heavy (non-hydrogen) atoms. The minimum Gasteiger partial charge on any atom is -0.493 e. The van der Waals surface area contributed by atoms with Crippen LogP contribution in [-0.2, 0) is 25.7 Å². The van der Waals surface area contributed by atoms with E-state index < -0.39 is 18.0 Å². The molecule has 11 nitrogen and oxygen atoms in total. The molecule has 1 aliphatic rings. The summed E-state index contributed by atoms with van der Waals surface area (Å²) in [5.41, 5.74) is 2.52. The van der Waals surface area contributed by atoms with Gasteiger partial charge >= 0.3 is 11.9 Å². The third kappa shape index (κ3) is 8.24. The van der Waals surface area contributed by atoms with Crippen molar-refractivity contribution in [3.8, 4) is 23.0 Å². The van der Waals surface area contributed by atoms with Crippen LogP contribution in [0.15, 0.2) is 80.1 Å². The number of carbonyl (C=O) groups is 2. The summed E-state index contributed by atoms with van der Waals surface area (Å²) in [7, 11) is 2.83. The summed E-state index contributed by atoms with van der Waals surface area (Å²) < 4.78 is 37.0. The molecule has 0 unspecified atom stereocenters. The summed E-state index contributed by atoms with van der Waals surface area (Å²) in [5, 5.41) is 0. The number of benzene rings is 3. The number of halogens is 2. The van der Waals surface area contributed by atoms with Crippen LogP contribution in [0.2, 0.25) is 0 Å². The van der Waals surface area contributed by atoms with E-state index in [0.717, 1.165) is 9.13 Å². The van der Waals surface area contributed by atoms with Gasteiger partial charge in [0.15, 0.2) is 34.4 Å². The Kier molecular flexibility index (Phi) is 12.4. The van der Waals surface area contributed by atoms with E-state index in [1.807, 2.05) is 31.2 Å². The lowest BCUT2D eigenvalue weighted by molar-refractivity contribution is -0.143. The van der Waals surface area contributed by atoms with Crippen LogP contribution < -0.4 is 33.8 Å². The number of hydrogen-bond acceptors (Lipinski definition) is 11. The zero-order valence-corrected chi connectivity index (χ0v) is 32.5. The molecular formula is C36H34BrIN2O9S. The monoisotopic (exact) mass is 876 g/mol. The SMILES string of the molecule is CCOC(=O)C1=C(C)N=c2s/c(=C\c3cc(OC)c(OCc4ccc(I)cc4)cc3Br)c(=O)n2[C@H]1c1ccc(OCC(=O)OC)c(OCC)c1. The average Bonchev–Trinajstić information content (AvgIpc) is 3.41. The zero-order valence-electron chi connectivity index (χ0n) is 27.9. The van der Waals surface area contributed by atoms with Crippen LogP contribution in [0.4, 0.5) is 0 Å². The second kappa shape index (κ2) is 16.7. The molecule has 0 N–H and O–H groups in total. The lowest BCUT2D eigenvalue weighted by atomic mass is 9.95. The second-order valence-corrected chi connectivity index (χ2v) is 13.9. The maximum atomic E-state index is 14.3. The van der Waals surface area contributed by atoms with Gasteiger partial charge < -0.3 is 28.4 Å². The molecule has 5 rings (SSSR count). The zero-order chi connectivity index (χ0) is 35.9. The van der Waals surface area contributed by atoms with Crippen LogP contribution in [0, 0.1) is 3.57 Å². The number of carbonyl (C=O) groups excluding carboxylic acids is 2. The second-order valence-electron chi connectivity index (χ2n) is 10.7. The summed E-state index contributed by atoms with van der Waals surface area (Å²) in [6.45, 7) is 5.70. The predicted octanol–water partition coefficient (Wildman–Crippen LogP) is 5.70. The molecule has 0 spiro atoms. The van der Waals surface area contributed by atoms with Gasteiger partial charge in [-0.25, -0.2) is 14.6 Å². The number of allylic oxidation sites excluding steroid dienone is 1. The third-order valence-electron chi connectivity index (χ3n) is 7.55. The first-order valence-electron chi connectivity index (χ1n) is 15.5. The van der Waals surface area contributed by atoms with Crippen LogP contribution in [0.5, 0.6) is 23.0 Å². The smallest absolute Gasteiger partial charge is 0.343 e. The first-order chi connectivity index (χ1) is 24.1. The lowest BCUT2D eigenvalue weighted by Crippen LogP contribution is -2.40. The summed E-state index contributed by atoms with van der Waals surface area (Å²) in [5.74, 6) is 0.515. The summed E-state index contributed by atoms with van der Waals surface area (Å²) in [6.07, 6.45) is 1.75. The van der Waals surface area contributed by atoms with Crippen LogP contribution in [0.1, 0.15) is 43.5 Å². The molecule has 4 aromatic rings. The van der Waals surface area contributed by atoms with Crippen molar-refractivity contribution < 1.29 is 38.0 Å². The highest BCUT2D eigenvalue weighted by atomic mass is 127. The van der Waals surface area contributed by atoms with Crippen LogP contribution in [-0.4, -0.2) is 50.5 Å². The lowest BCUT2D eigenvalue weighted by Gasteiger charge is -2.25. The van der Waals surface area contributed by atoms with Gasteiger partial charge in [-0.15, -0.1) is 0 Å². The number of rotatable bonds is 13. The Balaban J connectivity index is 1.58. The molecule has 2 heterocycles. The Hall–Kier alpha value is -4.15. The fourth-order valence-corrected chi connectivity index (χ4v) is 7.04. The van der Waals surface area contributed by atoms with Crippen molar-refractivity contribution in [1.82, 2.24) is 4.57 Å². The van der Waals surface area contributed by atoms with E-state index >= 15 is 0 Å². The number of fused-ring (bicyclic) bond motifs is 1. The maximum Gasteiger partial charge on any atom is 0.343 e. The van der Waals surface area contributed by atoms with Crippen molar-refractivity contribution in [2.45, 2.75) is 33.4 Å². The number of nitrogens with zero attached hydrogens (tertiary/aromatic N) is 2. The molecule has 0 aliphatic carbocycles. The highest BCUT2D eigenvalue weighted by molar-refractivity contribution is 14.1. The molecule has 1 aromatic heterocycles. The molecule has 0 saturated heterocycles. The quantitative estimate of drug-likeness (QED) is 0.123. The van der Waals surface area contributed by atoms with Gasteiger partial charge in [-0.3, -0.25) is 9.36 Å². The minimum atomic E-state index is -0.892. The fourth-order valence-electron chi connectivity index (χ4n) is 5.20. The van der Waals surface area contributed by atoms with Crippen LogP contribution >= 0.6 is 49.9 Å². The van der Waals surface area contributed by atoms with Crippen molar-refractivity contribution in [3.05, 3.63) is 110 Å². The number of thiazole rings is 1. The van der Waals surface area contributed by atoms with E-state index in [0.29, 0.717) is 66.8 Å². The molecule has 1 aliphatic heterocycles. The normalized spacial score (nSPS) is 14.1. The van der Waals surface area contributed by atoms with Gasteiger partial charge in [0.25, 0.3) is 5.56 Å². The van der Waals surface area contributed by atoms with Gasteiger partial charge in [0.2, 0.25) is 0 Å². The fraction of sp³-hybridized carbons (Fsp3) is 0.278.